The van der Waals surface area contributed by atoms with Crippen LogP contribution < -0.4 is 10.2 Å². The Kier molecular flexibility index (Phi) is 5.91. The van der Waals surface area contributed by atoms with Gasteiger partial charge in [-0.2, -0.15) is 0 Å². The predicted molar refractivity (Wildman–Crippen MR) is 148 cm³/mol. The number of piperidine rings is 1. The Balaban J connectivity index is 1.53. The predicted octanol–water partition coefficient (Wildman–Crippen LogP) is 5.64. The zero-order valence-corrected chi connectivity index (χ0v) is 21.9. The molecule has 3 aromatic rings. The molecule has 5 heterocycles. The van der Waals surface area contributed by atoms with Crippen LogP contribution in [-0.2, 0) is 5.41 Å². The largest absolute Gasteiger partial charge is 0.356 e. The lowest BCUT2D eigenvalue weighted by molar-refractivity contribution is 0.420. The van der Waals surface area contributed by atoms with E-state index in [1.165, 1.54) is 35.9 Å². The van der Waals surface area contributed by atoms with Crippen LogP contribution in [0.2, 0.25) is 0 Å². The van der Waals surface area contributed by atoms with Gasteiger partial charge in [0.15, 0.2) is 5.82 Å². The normalized spacial score (nSPS) is 19.1. The first-order valence-corrected chi connectivity index (χ1v) is 13.5. The Labute approximate surface area is 213 Å². The number of hydrogen-bond acceptors (Lipinski definition) is 6. The van der Waals surface area contributed by atoms with Gasteiger partial charge in [-0.15, -0.1) is 0 Å². The number of anilines is 1. The summed E-state index contributed by atoms with van der Waals surface area (Å²) in [7, 11) is 2.22. The molecule has 7 heteroatoms. The first kappa shape index (κ1) is 23.3. The fourth-order valence-corrected chi connectivity index (χ4v) is 5.65. The van der Waals surface area contributed by atoms with E-state index in [0.717, 1.165) is 66.5 Å². The first-order valence-electron chi connectivity index (χ1n) is 13.5. The number of pyridine rings is 1. The SMILES string of the molecule is CN(c1nc(C2=CCC=Nc3[nH]c(C(C)(C)C)cc32)nc2cncc(C3CCC3)c12)C1CCNCC1. The van der Waals surface area contributed by atoms with E-state index in [0.29, 0.717) is 12.0 Å². The maximum Gasteiger partial charge on any atom is 0.162 e. The number of allylic oxidation sites excluding steroid dienone is 1. The van der Waals surface area contributed by atoms with Gasteiger partial charge in [-0.1, -0.05) is 33.3 Å². The minimum Gasteiger partial charge on any atom is -0.356 e. The van der Waals surface area contributed by atoms with Crippen molar-refractivity contribution in [1.29, 1.82) is 0 Å². The van der Waals surface area contributed by atoms with Crippen molar-refractivity contribution in [3.8, 4) is 0 Å². The monoisotopic (exact) mass is 483 g/mol. The Morgan fingerprint density at radius 2 is 1.83 bits per heavy atom. The number of aliphatic imine (C=N–C) groups is 1. The number of fused-ring (bicyclic) bond motifs is 2. The molecule has 188 valence electrons. The van der Waals surface area contributed by atoms with Crippen molar-refractivity contribution in [2.45, 2.75) is 76.7 Å². The van der Waals surface area contributed by atoms with E-state index in [1.54, 1.807) is 0 Å². The van der Waals surface area contributed by atoms with Crippen LogP contribution in [0.1, 0.15) is 87.9 Å². The minimum atomic E-state index is -0.000933. The molecular weight excluding hydrogens is 446 g/mol. The molecule has 0 bridgehead atoms. The molecular formula is C29H37N7. The van der Waals surface area contributed by atoms with Crippen molar-refractivity contribution in [2.75, 3.05) is 25.0 Å². The van der Waals surface area contributed by atoms with Crippen molar-refractivity contribution < 1.29 is 0 Å². The minimum absolute atomic E-state index is 0.000933. The fraction of sp³-hybridized carbons (Fsp3) is 0.517. The Morgan fingerprint density at radius 3 is 2.56 bits per heavy atom. The van der Waals surface area contributed by atoms with E-state index >= 15 is 0 Å². The maximum atomic E-state index is 5.34. The van der Waals surface area contributed by atoms with Gasteiger partial charge in [0.2, 0.25) is 0 Å². The second-order valence-electron chi connectivity index (χ2n) is 11.6. The summed E-state index contributed by atoms with van der Waals surface area (Å²) in [6.07, 6.45) is 14.9. The summed E-state index contributed by atoms with van der Waals surface area (Å²) in [6, 6.07) is 2.69. The summed E-state index contributed by atoms with van der Waals surface area (Å²) < 4.78 is 0. The number of aromatic amines is 1. The number of aromatic nitrogens is 4. The highest BCUT2D eigenvalue weighted by atomic mass is 15.2. The molecule has 6 rings (SSSR count). The van der Waals surface area contributed by atoms with Crippen LogP contribution in [0, 0.1) is 0 Å². The highest BCUT2D eigenvalue weighted by Crippen LogP contribution is 2.43. The molecule has 1 saturated heterocycles. The van der Waals surface area contributed by atoms with Crippen LogP contribution in [0.25, 0.3) is 16.5 Å². The molecule has 3 aliphatic rings. The van der Waals surface area contributed by atoms with Crippen molar-refractivity contribution in [1.82, 2.24) is 25.3 Å². The molecule has 0 unspecified atom stereocenters. The fourth-order valence-electron chi connectivity index (χ4n) is 5.65. The van der Waals surface area contributed by atoms with Gasteiger partial charge in [-0.25, -0.2) is 15.0 Å². The summed E-state index contributed by atoms with van der Waals surface area (Å²) in [5.74, 6) is 3.26. The molecule has 0 radical (unpaired) electrons. The molecule has 1 aliphatic carbocycles. The third-order valence-electron chi connectivity index (χ3n) is 8.14. The van der Waals surface area contributed by atoms with Gasteiger partial charge in [0.1, 0.15) is 11.6 Å². The van der Waals surface area contributed by atoms with Crippen LogP contribution >= 0.6 is 0 Å². The molecule has 0 amide bonds. The van der Waals surface area contributed by atoms with Crippen LogP contribution in [0.3, 0.4) is 0 Å². The third kappa shape index (κ3) is 4.13. The highest BCUT2D eigenvalue weighted by molar-refractivity contribution is 5.95. The molecule has 0 aromatic carbocycles. The number of H-pyrrole nitrogens is 1. The Bertz CT molecular complexity index is 1330. The van der Waals surface area contributed by atoms with Gasteiger partial charge in [0.25, 0.3) is 0 Å². The number of rotatable bonds is 4. The van der Waals surface area contributed by atoms with Crippen LogP contribution in [-0.4, -0.2) is 52.3 Å². The molecule has 7 nitrogen and oxygen atoms in total. The quantitative estimate of drug-likeness (QED) is 0.502. The lowest BCUT2D eigenvalue weighted by Gasteiger charge is -2.34. The number of nitrogens with one attached hydrogen (secondary N) is 2. The van der Waals surface area contributed by atoms with E-state index in [4.69, 9.17) is 15.0 Å². The highest BCUT2D eigenvalue weighted by Gasteiger charge is 2.29. The smallest absolute Gasteiger partial charge is 0.162 e. The summed E-state index contributed by atoms with van der Waals surface area (Å²) in [5, 5.41) is 4.70. The standard InChI is InChI=1S/C29H37N7/c1-29(2,3)24-15-21-20(9-6-12-32-26(21)34-24)27-33-23-17-31-16-22(18-7-5-8-18)25(23)28(35-27)36(4)19-10-13-30-14-11-19/h9,12,15-19,30,34H,5-8,10-11,13-14H2,1-4H3. The van der Waals surface area contributed by atoms with E-state index < -0.39 is 0 Å². The summed E-state index contributed by atoms with van der Waals surface area (Å²) in [5.41, 5.74) is 5.55. The van der Waals surface area contributed by atoms with Crippen molar-refractivity contribution in [2.24, 2.45) is 4.99 Å². The molecule has 3 aromatic heterocycles. The van der Waals surface area contributed by atoms with Crippen molar-refractivity contribution in [3.05, 3.63) is 47.2 Å². The van der Waals surface area contributed by atoms with Gasteiger partial charge < -0.3 is 15.2 Å². The molecule has 36 heavy (non-hydrogen) atoms. The second kappa shape index (κ2) is 9.11. The summed E-state index contributed by atoms with van der Waals surface area (Å²) in [6.45, 7) is 8.76. The average molecular weight is 484 g/mol. The van der Waals surface area contributed by atoms with E-state index in [9.17, 15) is 0 Å². The van der Waals surface area contributed by atoms with E-state index in [1.807, 2.05) is 12.4 Å². The van der Waals surface area contributed by atoms with Crippen LogP contribution in [0.4, 0.5) is 11.6 Å². The maximum absolute atomic E-state index is 5.34. The molecule has 0 atom stereocenters. The number of hydrogen-bond donors (Lipinski definition) is 2. The molecule has 2 fully saturated rings. The van der Waals surface area contributed by atoms with Gasteiger partial charge in [0, 0.05) is 59.6 Å². The van der Waals surface area contributed by atoms with Crippen LogP contribution in [0.5, 0.6) is 0 Å². The van der Waals surface area contributed by atoms with E-state index in [2.05, 4.69) is 66.3 Å². The van der Waals surface area contributed by atoms with Crippen molar-refractivity contribution in [3.63, 3.8) is 0 Å². The Morgan fingerprint density at radius 1 is 1.03 bits per heavy atom. The molecule has 0 spiro atoms. The van der Waals surface area contributed by atoms with Crippen LogP contribution in [0.15, 0.2) is 29.5 Å². The summed E-state index contributed by atoms with van der Waals surface area (Å²) in [4.78, 5) is 25.8. The van der Waals surface area contributed by atoms with Gasteiger partial charge in [-0.3, -0.25) is 4.98 Å². The van der Waals surface area contributed by atoms with E-state index in [-0.39, 0.29) is 5.41 Å². The molecule has 2 aliphatic heterocycles. The molecule has 1 saturated carbocycles. The van der Waals surface area contributed by atoms with Gasteiger partial charge in [0.05, 0.1) is 11.7 Å². The zero-order chi connectivity index (χ0) is 24.9. The van der Waals surface area contributed by atoms with Crippen molar-refractivity contribution >= 4 is 34.3 Å². The average Bonchev–Trinajstić information content (AvgIpc) is 3.17. The topological polar surface area (TPSA) is 82.1 Å². The zero-order valence-electron chi connectivity index (χ0n) is 21.9. The Hall–Kier alpha value is -3.06. The third-order valence-corrected chi connectivity index (χ3v) is 8.14. The lowest BCUT2D eigenvalue weighted by Crippen LogP contribution is -2.41. The number of nitrogens with zero attached hydrogens (tertiary/aromatic N) is 5. The van der Waals surface area contributed by atoms with Gasteiger partial charge in [-0.05, 0) is 56.3 Å². The first-order chi connectivity index (χ1) is 17.4. The summed E-state index contributed by atoms with van der Waals surface area (Å²) >= 11 is 0. The second-order valence-corrected chi connectivity index (χ2v) is 11.6. The van der Waals surface area contributed by atoms with Gasteiger partial charge >= 0.3 is 0 Å². The molecule has 2 N–H and O–H groups in total. The lowest BCUT2D eigenvalue weighted by atomic mass is 9.79.